The predicted molar refractivity (Wildman–Crippen MR) is 115 cm³/mol. The van der Waals surface area contributed by atoms with Gasteiger partial charge < -0.3 is 4.74 Å². The Balaban J connectivity index is 2.08. The lowest BCUT2D eigenvalue weighted by molar-refractivity contribution is -0.122. The fourth-order valence-electron chi connectivity index (χ4n) is 2.92. The normalized spacial score (nSPS) is 15.5. The summed E-state index contributed by atoms with van der Waals surface area (Å²) < 4.78 is 6.37. The topological polar surface area (TPSA) is 75.7 Å². The molecule has 1 N–H and O–H groups in total. The first-order valence-corrected chi connectivity index (χ1v) is 9.63. The fourth-order valence-corrected chi connectivity index (χ4v) is 3.30. The van der Waals surface area contributed by atoms with Gasteiger partial charge in [-0.05, 0) is 55.3 Å². The Morgan fingerprint density at radius 3 is 2.66 bits per heavy atom. The molecule has 2 aromatic rings. The maximum Gasteiger partial charge on any atom is 0.335 e. The third-order valence-corrected chi connectivity index (χ3v) is 5.04. The fraction of sp³-hybridized carbons (Fsp3) is 0.136. The molecule has 4 amide bonds. The molecule has 1 fully saturated rings. The van der Waals surface area contributed by atoms with Crippen LogP contribution in [0.25, 0.3) is 6.08 Å². The highest BCUT2D eigenvalue weighted by Crippen LogP contribution is 2.29. The van der Waals surface area contributed by atoms with Gasteiger partial charge in [0.15, 0.2) is 0 Å². The second kappa shape index (κ2) is 8.45. The van der Waals surface area contributed by atoms with Gasteiger partial charge in [-0.15, -0.1) is 0 Å². The van der Waals surface area contributed by atoms with E-state index in [1.165, 1.54) is 6.08 Å². The molecule has 6 nitrogen and oxygen atoms in total. The van der Waals surface area contributed by atoms with Crippen molar-refractivity contribution in [3.8, 4) is 5.75 Å². The number of ether oxygens (including phenoxy) is 1. The summed E-state index contributed by atoms with van der Waals surface area (Å²) in [5.74, 6) is -0.963. The van der Waals surface area contributed by atoms with Crippen LogP contribution < -0.4 is 15.0 Å². The average molecular weight is 455 g/mol. The lowest BCUT2D eigenvalue weighted by Crippen LogP contribution is -2.54. The van der Waals surface area contributed by atoms with Crippen LogP contribution in [0.1, 0.15) is 16.7 Å². The summed E-state index contributed by atoms with van der Waals surface area (Å²) in [6.07, 6.45) is 3.02. The van der Waals surface area contributed by atoms with E-state index in [1.807, 2.05) is 19.9 Å². The van der Waals surface area contributed by atoms with E-state index in [4.69, 9.17) is 4.74 Å². The predicted octanol–water partition coefficient (Wildman–Crippen LogP) is 4.30. The van der Waals surface area contributed by atoms with E-state index < -0.39 is 17.8 Å². The number of hydrogen-bond acceptors (Lipinski definition) is 4. The first kappa shape index (κ1) is 20.5. The minimum absolute atomic E-state index is 0.160. The number of imide groups is 2. The van der Waals surface area contributed by atoms with Crippen LogP contribution in [0.5, 0.6) is 5.75 Å². The van der Waals surface area contributed by atoms with Crippen molar-refractivity contribution in [1.29, 1.82) is 0 Å². The molecular weight excluding hydrogens is 436 g/mol. The van der Waals surface area contributed by atoms with Crippen molar-refractivity contribution in [2.75, 3.05) is 11.5 Å². The minimum atomic E-state index is -0.775. The summed E-state index contributed by atoms with van der Waals surface area (Å²) in [7, 11) is 0. The number of nitrogens with one attached hydrogen (secondary N) is 1. The Kier molecular flexibility index (Phi) is 5.98. The number of carbonyl (C=O) groups excluding carboxylic acids is 3. The van der Waals surface area contributed by atoms with Gasteiger partial charge in [-0.25, -0.2) is 9.69 Å². The summed E-state index contributed by atoms with van der Waals surface area (Å²) in [6.45, 7) is 7.59. The molecule has 0 bridgehead atoms. The summed E-state index contributed by atoms with van der Waals surface area (Å²) in [4.78, 5) is 39.0. The van der Waals surface area contributed by atoms with Gasteiger partial charge in [-0.3, -0.25) is 14.9 Å². The molecule has 1 aliphatic heterocycles. The molecular formula is C22H19BrN2O4. The van der Waals surface area contributed by atoms with Crippen molar-refractivity contribution in [2.45, 2.75) is 13.8 Å². The highest BCUT2D eigenvalue weighted by molar-refractivity contribution is 9.10. The summed E-state index contributed by atoms with van der Waals surface area (Å²) in [6, 6.07) is 9.78. The minimum Gasteiger partial charge on any atom is -0.489 e. The van der Waals surface area contributed by atoms with Crippen molar-refractivity contribution in [3.05, 3.63) is 75.8 Å². The molecule has 148 valence electrons. The van der Waals surface area contributed by atoms with Crippen molar-refractivity contribution in [2.24, 2.45) is 0 Å². The Bertz CT molecular complexity index is 1060. The molecule has 0 unspecified atom stereocenters. The number of urea groups is 1. The Morgan fingerprint density at radius 1 is 1.17 bits per heavy atom. The largest absolute Gasteiger partial charge is 0.489 e. The standard InChI is InChI=1S/C22H19BrN2O4/c1-4-10-29-19-9-8-16(23)11-15(19)12-17-20(26)24-22(28)25(21(17)27)18-7-5-6-13(2)14(18)3/h4-9,11-12H,1,10H2,2-3H3,(H,24,26,28)/b17-12+. The number of benzene rings is 2. The second-order valence-electron chi connectivity index (χ2n) is 6.46. The van der Waals surface area contributed by atoms with Crippen LogP contribution in [0.4, 0.5) is 10.5 Å². The molecule has 1 heterocycles. The lowest BCUT2D eigenvalue weighted by atomic mass is 10.0. The van der Waals surface area contributed by atoms with Gasteiger partial charge in [0.25, 0.3) is 11.8 Å². The highest BCUT2D eigenvalue weighted by Gasteiger charge is 2.37. The van der Waals surface area contributed by atoms with E-state index in [2.05, 4.69) is 27.8 Å². The third kappa shape index (κ3) is 4.14. The number of halogens is 1. The zero-order valence-electron chi connectivity index (χ0n) is 16.0. The number of nitrogens with zero attached hydrogens (tertiary/aromatic N) is 1. The molecule has 29 heavy (non-hydrogen) atoms. The number of hydrogen-bond donors (Lipinski definition) is 1. The molecule has 0 aromatic heterocycles. The number of aryl methyl sites for hydroxylation is 1. The molecule has 1 saturated heterocycles. The lowest BCUT2D eigenvalue weighted by Gasteiger charge is -2.28. The van der Waals surface area contributed by atoms with Gasteiger partial charge in [0.1, 0.15) is 17.9 Å². The van der Waals surface area contributed by atoms with E-state index in [9.17, 15) is 14.4 Å². The zero-order valence-corrected chi connectivity index (χ0v) is 17.6. The maximum absolute atomic E-state index is 13.1. The Labute approximate surface area is 177 Å². The molecule has 0 saturated carbocycles. The van der Waals surface area contributed by atoms with E-state index in [0.717, 1.165) is 20.5 Å². The number of barbiturate groups is 1. The number of anilines is 1. The van der Waals surface area contributed by atoms with Crippen LogP contribution >= 0.6 is 15.9 Å². The molecule has 0 radical (unpaired) electrons. The van der Waals surface area contributed by atoms with Crippen molar-refractivity contribution in [1.82, 2.24) is 5.32 Å². The smallest absolute Gasteiger partial charge is 0.335 e. The number of rotatable bonds is 5. The van der Waals surface area contributed by atoms with Gasteiger partial charge >= 0.3 is 6.03 Å². The molecule has 0 spiro atoms. The van der Waals surface area contributed by atoms with E-state index >= 15 is 0 Å². The third-order valence-electron chi connectivity index (χ3n) is 4.55. The molecule has 2 aromatic carbocycles. The quantitative estimate of drug-likeness (QED) is 0.415. The number of amides is 4. The Morgan fingerprint density at radius 2 is 1.93 bits per heavy atom. The van der Waals surface area contributed by atoms with Crippen LogP contribution in [0.2, 0.25) is 0 Å². The first-order chi connectivity index (χ1) is 13.8. The monoisotopic (exact) mass is 454 g/mol. The first-order valence-electron chi connectivity index (χ1n) is 8.84. The van der Waals surface area contributed by atoms with Gasteiger partial charge in [-0.2, -0.15) is 0 Å². The maximum atomic E-state index is 13.1. The molecule has 0 atom stereocenters. The average Bonchev–Trinajstić information content (AvgIpc) is 2.67. The van der Waals surface area contributed by atoms with Crippen molar-refractivity contribution in [3.63, 3.8) is 0 Å². The Hall–Kier alpha value is -3.19. The molecule has 7 heteroatoms. The second-order valence-corrected chi connectivity index (χ2v) is 7.37. The van der Waals surface area contributed by atoms with Gasteiger partial charge in [0.2, 0.25) is 0 Å². The van der Waals surface area contributed by atoms with Gasteiger partial charge in [0, 0.05) is 10.0 Å². The van der Waals surface area contributed by atoms with Gasteiger partial charge in [0.05, 0.1) is 5.69 Å². The van der Waals surface area contributed by atoms with E-state index in [-0.39, 0.29) is 12.2 Å². The highest BCUT2D eigenvalue weighted by atomic mass is 79.9. The van der Waals surface area contributed by atoms with E-state index in [0.29, 0.717) is 17.0 Å². The van der Waals surface area contributed by atoms with Crippen LogP contribution in [0.15, 0.2) is 59.1 Å². The van der Waals surface area contributed by atoms with Crippen molar-refractivity contribution < 1.29 is 19.1 Å². The van der Waals surface area contributed by atoms with Crippen LogP contribution in [0, 0.1) is 13.8 Å². The molecule has 1 aliphatic rings. The molecule has 0 aliphatic carbocycles. The summed E-state index contributed by atoms with van der Waals surface area (Å²) in [5.41, 5.74) is 2.50. The molecule has 3 rings (SSSR count). The van der Waals surface area contributed by atoms with Crippen LogP contribution in [0.3, 0.4) is 0 Å². The van der Waals surface area contributed by atoms with Crippen LogP contribution in [-0.4, -0.2) is 24.5 Å². The SMILES string of the molecule is C=CCOc1ccc(Br)cc1/C=C1\C(=O)NC(=O)N(c2cccc(C)c2C)C1=O. The van der Waals surface area contributed by atoms with Gasteiger partial charge in [-0.1, -0.05) is 40.7 Å². The zero-order chi connectivity index (χ0) is 21.1. The van der Waals surface area contributed by atoms with Crippen LogP contribution in [-0.2, 0) is 9.59 Å². The van der Waals surface area contributed by atoms with E-state index in [1.54, 1.807) is 36.4 Å². The van der Waals surface area contributed by atoms with Crippen molar-refractivity contribution >= 4 is 45.5 Å². The summed E-state index contributed by atoms with van der Waals surface area (Å²) in [5, 5.41) is 2.24. The number of carbonyl (C=O) groups is 3. The summed E-state index contributed by atoms with van der Waals surface area (Å²) >= 11 is 3.38.